The largest absolute Gasteiger partial charge is 0.389 e. The lowest BCUT2D eigenvalue weighted by atomic mass is 9.57. The highest BCUT2D eigenvalue weighted by atomic mass is 16.5. The van der Waals surface area contributed by atoms with E-state index in [4.69, 9.17) is 4.74 Å². The minimum atomic E-state index is -0.454. The molecule has 3 aliphatic rings. The summed E-state index contributed by atoms with van der Waals surface area (Å²) in [6.07, 6.45) is 11.9. The van der Waals surface area contributed by atoms with Gasteiger partial charge in [-0.2, -0.15) is 0 Å². The molecule has 3 fully saturated rings. The van der Waals surface area contributed by atoms with Gasteiger partial charge in [0.25, 0.3) is 0 Å². The zero-order chi connectivity index (χ0) is 13.6. The minimum absolute atomic E-state index is 0.0764. The van der Waals surface area contributed by atoms with Gasteiger partial charge in [0.15, 0.2) is 0 Å². The van der Waals surface area contributed by atoms with Gasteiger partial charge in [-0.1, -0.05) is 39.5 Å². The van der Waals surface area contributed by atoms with Crippen LogP contribution in [0.1, 0.15) is 78.1 Å². The summed E-state index contributed by atoms with van der Waals surface area (Å²) in [5, 5.41) is 11.4. The van der Waals surface area contributed by atoms with E-state index in [0.717, 1.165) is 25.9 Å². The van der Waals surface area contributed by atoms with Crippen molar-refractivity contribution in [3.05, 3.63) is 0 Å². The monoisotopic (exact) mass is 266 g/mol. The fourth-order valence-corrected chi connectivity index (χ4v) is 5.08. The van der Waals surface area contributed by atoms with Crippen LogP contribution < -0.4 is 0 Å². The Morgan fingerprint density at radius 3 is 2.26 bits per heavy atom. The molecule has 0 aromatic carbocycles. The SMILES string of the molecule is CC1(C)CCCCC1(O)C1CCOC2(CCCC2)C1. The highest BCUT2D eigenvalue weighted by molar-refractivity contribution is 5.04. The Balaban J connectivity index is 1.80. The van der Waals surface area contributed by atoms with Gasteiger partial charge in [0.05, 0.1) is 11.2 Å². The van der Waals surface area contributed by atoms with E-state index in [-0.39, 0.29) is 11.0 Å². The number of rotatable bonds is 1. The van der Waals surface area contributed by atoms with Crippen molar-refractivity contribution in [2.24, 2.45) is 11.3 Å². The summed E-state index contributed by atoms with van der Waals surface area (Å²) in [5.41, 5.74) is -0.246. The molecule has 110 valence electrons. The zero-order valence-corrected chi connectivity index (χ0v) is 12.7. The van der Waals surface area contributed by atoms with E-state index in [1.807, 2.05) is 0 Å². The topological polar surface area (TPSA) is 29.5 Å². The smallest absolute Gasteiger partial charge is 0.0728 e. The molecule has 2 heteroatoms. The zero-order valence-electron chi connectivity index (χ0n) is 12.7. The predicted molar refractivity (Wildman–Crippen MR) is 77.1 cm³/mol. The average molecular weight is 266 g/mol. The van der Waals surface area contributed by atoms with Crippen LogP contribution in [0.2, 0.25) is 0 Å². The van der Waals surface area contributed by atoms with E-state index >= 15 is 0 Å². The number of hydrogen-bond acceptors (Lipinski definition) is 2. The van der Waals surface area contributed by atoms with Gasteiger partial charge >= 0.3 is 0 Å². The van der Waals surface area contributed by atoms with Gasteiger partial charge in [-0.05, 0) is 49.9 Å². The Hall–Kier alpha value is -0.0800. The van der Waals surface area contributed by atoms with Crippen molar-refractivity contribution in [3.63, 3.8) is 0 Å². The lowest BCUT2D eigenvalue weighted by Gasteiger charge is -2.54. The lowest BCUT2D eigenvalue weighted by Crippen LogP contribution is -2.56. The van der Waals surface area contributed by atoms with Gasteiger partial charge in [-0.3, -0.25) is 0 Å². The summed E-state index contributed by atoms with van der Waals surface area (Å²) in [6, 6.07) is 0. The molecule has 1 aliphatic heterocycles. The molecule has 1 spiro atoms. The van der Waals surface area contributed by atoms with E-state index in [0.29, 0.717) is 5.92 Å². The molecule has 1 N–H and O–H groups in total. The third kappa shape index (κ3) is 2.25. The van der Waals surface area contributed by atoms with Crippen molar-refractivity contribution in [3.8, 4) is 0 Å². The van der Waals surface area contributed by atoms with Crippen LogP contribution in [0, 0.1) is 11.3 Å². The van der Waals surface area contributed by atoms with Crippen molar-refractivity contribution in [1.82, 2.24) is 0 Å². The van der Waals surface area contributed by atoms with Crippen LogP contribution in [-0.2, 0) is 4.74 Å². The molecule has 0 aromatic rings. The summed E-state index contributed by atoms with van der Waals surface area (Å²) in [6.45, 7) is 5.43. The Labute approximate surface area is 117 Å². The van der Waals surface area contributed by atoms with Crippen molar-refractivity contribution in [2.75, 3.05) is 6.61 Å². The molecule has 1 heterocycles. The molecule has 19 heavy (non-hydrogen) atoms. The molecule has 2 saturated carbocycles. The second-order valence-corrected chi connectivity index (χ2v) is 7.94. The molecule has 3 rings (SSSR count). The Morgan fingerprint density at radius 2 is 1.58 bits per heavy atom. The average Bonchev–Trinajstić information content (AvgIpc) is 2.81. The molecule has 1 saturated heterocycles. The molecule has 2 nitrogen and oxygen atoms in total. The summed E-state index contributed by atoms with van der Waals surface area (Å²) in [7, 11) is 0. The predicted octanol–water partition coefficient (Wildman–Crippen LogP) is 4.06. The molecule has 2 atom stereocenters. The number of aliphatic hydroxyl groups is 1. The van der Waals surface area contributed by atoms with Gasteiger partial charge in [-0.15, -0.1) is 0 Å². The Morgan fingerprint density at radius 1 is 0.947 bits per heavy atom. The molecule has 0 aromatic heterocycles. The summed E-state index contributed by atoms with van der Waals surface area (Å²) >= 11 is 0. The van der Waals surface area contributed by atoms with Crippen molar-refractivity contribution >= 4 is 0 Å². The second kappa shape index (κ2) is 4.73. The minimum Gasteiger partial charge on any atom is -0.389 e. The molecular formula is C17H30O2. The highest BCUT2D eigenvalue weighted by Crippen LogP contribution is 2.54. The number of hydrogen-bond donors (Lipinski definition) is 1. The van der Waals surface area contributed by atoms with Gasteiger partial charge in [-0.25, -0.2) is 0 Å². The maximum Gasteiger partial charge on any atom is 0.0728 e. The van der Waals surface area contributed by atoms with E-state index < -0.39 is 5.60 Å². The standard InChI is InChI=1S/C17H30O2/c1-15(2)8-3-6-11-17(15,18)14-7-12-19-16(13-14)9-4-5-10-16/h14,18H,3-13H2,1-2H3. The van der Waals surface area contributed by atoms with Gasteiger partial charge in [0, 0.05) is 6.61 Å². The van der Waals surface area contributed by atoms with Gasteiger partial charge < -0.3 is 9.84 Å². The third-order valence-electron chi connectivity index (χ3n) is 6.46. The first-order chi connectivity index (χ1) is 8.98. The molecule has 2 unspecified atom stereocenters. The van der Waals surface area contributed by atoms with Crippen LogP contribution in [0.4, 0.5) is 0 Å². The summed E-state index contributed by atoms with van der Waals surface area (Å²) in [5.74, 6) is 0.453. The molecule has 0 bridgehead atoms. The quantitative estimate of drug-likeness (QED) is 0.775. The normalized spacial score (nSPS) is 41.5. The van der Waals surface area contributed by atoms with Crippen LogP contribution in [0.25, 0.3) is 0 Å². The highest BCUT2D eigenvalue weighted by Gasteiger charge is 2.54. The fourth-order valence-electron chi connectivity index (χ4n) is 5.08. The molecular weight excluding hydrogens is 236 g/mol. The van der Waals surface area contributed by atoms with Crippen LogP contribution in [-0.4, -0.2) is 22.9 Å². The third-order valence-corrected chi connectivity index (χ3v) is 6.46. The maximum atomic E-state index is 11.4. The molecule has 2 aliphatic carbocycles. The van der Waals surface area contributed by atoms with Gasteiger partial charge in [0.1, 0.15) is 0 Å². The van der Waals surface area contributed by atoms with E-state index in [1.165, 1.54) is 44.9 Å². The first kappa shape index (κ1) is 13.9. The van der Waals surface area contributed by atoms with E-state index in [1.54, 1.807) is 0 Å². The van der Waals surface area contributed by atoms with E-state index in [9.17, 15) is 5.11 Å². The number of ether oxygens (including phenoxy) is 1. The fraction of sp³-hybridized carbons (Fsp3) is 1.00. The Bertz CT molecular complexity index is 330. The van der Waals surface area contributed by atoms with Crippen molar-refractivity contribution in [2.45, 2.75) is 89.3 Å². The summed E-state index contributed by atoms with van der Waals surface area (Å²) in [4.78, 5) is 0. The van der Waals surface area contributed by atoms with Gasteiger partial charge in [0.2, 0.25) is 0 Å². The van der Waals surface area contributed by atoms with E-state index in [2.05, 4.69) is 13.8 Å². The second-order valence-electron chi connectivity index (χ2n) is 7.94. The Kier molecular flexibility index (Phi) is 3.46. The van der Waals surface area contributed by atoms with Crippen LogP contribution >= 0.6 is 0 Å². The lowest BCUT2D eigenvalue weighted by molar-refractivity contribution is -0.190. The van der Waals surface area contributed by atoms with Crippen LogP contribution in [0.15, 0.2) is 0 Å². The molecule has 0 radical (unpaired) electrons. The summed E-state index contributed by atoms with van der Waals surface area (Å²) < 4.78 is 6.15. The van der Waals surface area contributed by atoms with Crippen molar-refractivity contribution < 1.29 is 9.84 Å². The molecule has 0 amide bonds. The van der Waals surface area contributed by atoms with Crippen LogP contribution in [0.3, 0.4) is 0 Å². The van der Waals surface area contributed by atoms with Crippen LogP contribution in [0.5, 0.6) is 0 Å². The van der Waals surface area contributed by atoms with Crippen molar-refractivity contribution in [1.29, 1.82) is 0 Å². The first-order valence-electron chi connectivity index (χ1n) is 8.34. The maximum absolute atomic E-state index is 11.4. The first-order valence-corrected chi connectivity index (χ1v) is 8.34.